The van der Waals surface area contributed by atoms with Crippen molar-refractivity contribution in [2.75, 3.05) is 18.2 Å². The Bertz CT molecular complexity index is 658. The molecule has 0 aliphatic carbocycles. The van der Waals surface area contributed by atoms with E-state index in [-0.39, 0.29) is 6.04 Å². The van der Waals surface area contributed by atoms with Crippen LogP contribution < -0.4 is 11.1 Å². The van der Waals surface area contributed by atoms with Crippen LogP contribution in [0.1, 0.15) is 28.9 Å². The van der Waals surface area contributed by atoms with E-state index in [4.69, 9.17) is 22.1 Å². The minimum atomic E-state index is -0.428. The van der Waals surface area contributed by atoms with Crippen molar-refractivity contribution in [2.24, 2.45) is 0 Å². The lowest BCUT2D eigenvalue weighted by atomic mass is 10.1. The molecule has 21 heavy (non-hydrogen) atoms. The van der Waals surface area contributed by atoms with Crippen molar-refractivity contribution in [3.05, 3.63) is 58.6 Å². The van der Waals surface area contributed by atoms with E-state index in [1.54, 1.807) is 18.2 Å². The third-order valence-electron chi connectivity index (χ3n) is 3.21. The fourth-order valence-electron chi connectivity index (χ4n) is 2.09. The summed E-state index contributed by atoms with van der Waals surface area (Å²) in [4.78, 5) is 11.8. The Kier molecular flexibility index (Phi) is 4.70. The minimum Gasteiger partial charge on any atom is -0.465 e. The molecule has 0 saturated carbocycles. The number of ether oxygens (including phenoxy) is 1. The lowest BCUT2D eigenvalue weighted by Crippen LogP contribution is -2.13. The molecule has 0 aliphatic rings. The molecule has 0 fully saturated rings. The maximum absolute atomic E-state index is 11.8. The van der Waals surface area contributed by atoms with Crippen LogP contribution in [-0.4, -0.2) is 13.1 Å². The topological polar surface area (TPSA) is 64.3 Å². The summed E-state index contributed by atoms with van der Waals surface area (Å²) in [6, 6.07) is 12.6. The van der Waals surface area contributed by atoms with Gasteiger partial charge in [-0.1, -0.05) is 29.8 Å². The number of carbonyl (C=O) groups is 1. The predicted molar refractivity (Wildman–Crippen MR) is 85.7 cm³/mol. The van der Waals surface area contributed by atoms with Gasteiger partial charge in [-0.25, -0.2) is 4.79 Å². The third kappa shape index (κ3) is 3.47. The van der Waals surface area contributed by atoms with Crippen molar-refractivity contribution >= 4 is 28.9 Å². The Balaban J connectivity index is 2.33. The van der Waals surface area contributed by atoms with Crippen LogP contribution in [0.15, 0.2) is 42.5 Å². The molecule has 0 bridgehead atoms. The van der Waals surface area contributed by atoms with Gasteiger partial charge in [-0.15, -0.1) is 0 Å². The van der Waals surface area contributed by atoms with Crippen LogP contribution in [0.3, 0.4) is 0 Å². The van der Waals surface area contributed by atoms with Crippen molar-refractivity contribution in [3.8, 4) is 0 Å². The number of hydrogen-bond donors (Lipinski definition) is 2. The highest BCUT2D eigenvalue weighted by Gasteiger charge is 2.16. The molecule has 2 aromatic carbocycles. The van der Waals surface area contributed by atoms with Gasteiger partial charge in [0.25, 0.3) is 0 Å². The van der Waals surface area contributed by atoms with Crippen molar-refractivity contribution < 1.29 is 9.53 Å². The molecule has 2 rings (SSSR count). The molecule has 2 aromatic rings. The van der Waals surface area contributed by atoms with Crippen molar-refractivity contribution in [2.45, 2.75) is 13.0 Å². The summed E-state index contributed by atoms with van der Waals surface area (Å²) in [6.07, 6.45) is 0. The van der Waals surface area contributed by atoms with Crippen LogP contribution in [0.5, 0.6) is 0 Å². The van der Waals surface area contributed by atoms with Gasteiger partial charge in [-0.05, 0) is 36.8 Å². The number of hydrogen-bond acceptors (Lipinski definition) is 4. The number of rotatable bonds is 4. The number of methoxy groups -OCH3 is 1. The monoisotopic (exact) mass is 304 g/mol. The van der Waals surface area contributed by atoms with E-state index >= 15 is 0 Å². The van der Waals surface area contributed by atoms with Gasteiger partial charge >= 0.3 is 5.97 Å². The highest BCUT2D eigenvalue weighted by Crippen LogP contribution is 2.29. The van der Waals surface area contributed by atoms with E-state index in [2.05, 4.69) is 5.32 Å². The molecule has 1 atom stereocenters. The zero-order valence-corrected chi connectivity index (χ0v) is 12.6. The minimum absolute atomic E-state index is 0.0585. The van der Waals surface area contributed by atoms with E-state index < -0.39 is 5.97 Å². The first-order chi connectivity index (χ1) is 10.0. The van der Waals surface area contributed by atoms with Crippen LogP contribution in [0.2, 0.25) is 5.02 Å². The number of esters is 1. The summed E-state index contributed by atoms with van der Waals surface area (Å²) in [5.74, 6) is -0.428. The lowest BCUT2D eigenvalue weighted by Gasteiger charge is -2.19. The van der Waals surface area contributed by atoms with Crippen LogP contribution in [-0.2, 0) is 4.74 Å². The summed E-state index contributed by atoms with van der Waals surface area (Å²) < 4.78 is 4.78. The van der Waals surface area contributed by atoms with Gasteiger partial charge in [0.1, 0.15) is 0 Å². The van der Waals surface area contributed by atoms with Crippen molar-refractivity contribution in [1.29, 1.82) is 0 Å². The molecule has 110 valence electrons. The first-order valence-electron chi connectivity index (χ1n) is 6.51. The Hall–Kier alpha value is -2.20. The molecule has 0 aliphatic heterocycles. The van der Waals surface area contributed by atoms with Crippen LogP contribution in [0, 0.1) is 0 Å². The maximum atomic E-state index is 11.8. The van der Waals surface area contributed by atoms with E-state index in [0.717, 1.165) is 5.56 Å². The molecule has 0 spiro atoms. The molecule has 0 amide bonds. The maximum Gasteiger partial charge on any atom is 0.340 e. The van der Waals surface area contributed by atoms with E-state index in [9.17, 15) is 4.79 Å². The second kappa shape index (κ2) is 6.50. The number of benzene rings is 2. The predicted octanol–water partition coefficient (Wildman–Crippen LogP) is 3.88. The quantitative estimate of drug-likeness (QED) is 0.664. The van der Waals surface area contributed by atoms with Crippen molar-refractivity contribution in [1.82, 2.24) is 0 Å². The first-order valence-corrected chi connectivity index (χ1v) is 6.89. The van der Waals surface area contributed by atoms with Gasteiger partial charge in [0.05, 0.1) is 24.0 Å². The summed E-state index contributed by atoms with van der Waals surface area (Å²) in [7, 11) is 1.34. The van der Waals surface area contributed by atoms with E-state index in [1.807, 2.05) is 31.2 Å². The molecule has 4 nitrogen and oxygen atoms in total. The molecule has 0 heterocycles. The molecule has 1 unspecified atom stereocenters. The van der Waals surface area contributed by atoms with Gasteiger partial charge in [-0.3, -0.25) is 0 Å². The highest BCUT2D eigenvalue weighted by molar-refractivity contribution is 6.30. The highest BCUT2D eigenvalue weighted by atomic mass is 35.5. The number of nitrogens with two attached hydrogens (primary N) is 1. The van der Waals surface area contributed by atoms with Crippen molar-refractivity contribution in [3.63, 3.8) is 0 Å². The van der Waals surface area contributed by atoms with Gasteiger partial charge in [0, 0.05) is 11.1 Å². The number of nitrogen functional groups attached to an aromatic ring is 1. The average Bonchev–Trinajstić information content (AvgIpc) is 2.48. The van der Waals surface area contributed by atoms with Gasteiger partial charge in [0.2, 0.25) is 0 Å². The van der Waals surface area contributed by atoms with Crippen LogP contribution >= 0.6 is 11.6 Å². The SMILES string of the molecule is COC(=O)c1cccc(N)c1NC(C)c1cccc(Cl)c1. The molecule has 0 radical (unpaired) electrons. The zero-order chi connectivity index (χ0) is 15.4. The molecular weight excluding hydrogens is 288 g/mol. The fourth-order valence-corrected chi connectivity index (χ4v) is 2.29. The number of para-hydroxylation sites is 1. The summed E-state index contributed by atoms with van der Waals surface area (Å²) in [5.41, 5.74) is 8.44. The number of nitrogens with one attached hydrogen (secondary N) is 1. The van der Waals surface area contributed by atoms with Gasteiger partial charge in [-0.2, -0.15) is 0 Å². The summed E-state index contributed by atoms with van der Waals surface area (Å²) >= 11 is 6.00. The molecule has 5 heteroatoms. The second-order valence-corrected chi connectivity index (χ2v) is 5.12. The van der Waals surface area contributed by atoms with Crippen LogP contribution in [0.25, 0.3) is 0 Å². The third-order valence-corrected chi connectivity index (χ3v) is 3.45. The van der Waals surface area contributed by atoms with E-state index in [1.165, 1.54) is 7.11 Å². The molecule has 0 saturated heterocycles. The Labute approximate surface area is 128 Å². The smallest absolute Gasteiger partial charge is 0.340 e. The lowest BCUT2D eigenvalue weighted by molar-refractivity contribution is 0.0602. The Morgan fingerprint density at radius 2 is 2.00 bits per heavy atom. The number of halogens is 1. The van der Waals surface area contributed by atoms with E-state index in [0.29, 0.717) is 22.0 Å². The fraction of sp³-hybridized carbons (Fsp3) is 0.188. The van der Waals surface area contributed by atoms with Gasteiger partial charge in [0.15, 0.2) is 0 Å². The van der Waals surface area contributed by atoms with Crippen LogP contribution in [0.4, 0.5) is 11.4 Å². The number of anilines is 2. The second-order valence-electron chi connectivity index (χ2n) is 4.68. The van der Waals surface area contributed by atoms with Gasteiger partial charge < -0.3 is 15.8 Å². The molecule has 3 N–H and O–H groups in total. The standard InChI is InChI=1S/C16H17ClN2O2/c1-10(11-5-3-6-12(17)9-11)19-15-13(16(20)21-2)7-4-8-14(15)18/h3-10,19H,18H2,1-2H3. The zero-order valence-electron chi connectivity index (χ0n) is 11.9. The average molecular weight is 305 g/mol. The summed E-state index contributed by atoms with van der Waals surface area (Å²) in [6.45, 7) is 1.97. The Morgan fingerprint density at radius 3 is 2.67 bits per heavy atom. The first kappa shape index (κ1) is 15.2. The molecule has 0 aromatic heterocycles. The normalized spacial score (nSPS) is 11.8. The number of carbonyl (C=O) groups excluding carboxylic acids is 1. The largest absolute Gasteiger partial charge is 0.465 e. The Morgan fingerprint density at radius 1 is 1.29 bits per heavy atom. The molecular formula is C16H17ClN2O2. The summed E-state index contributed by atoms with van der Waals surface area (Å²) in [5, 5.41) is 3.92.